The van der Waals surface area contributed by atoms with E-state index in [1.54, 1.807) is 18.2 Å². The molecule has 0 aliphatic rings. The van der Waals surface area contributed by atoms with E-state index in [2.05, 4.69) is 31.9 Å². The lowest BCUT2D eigenvalue weighted by Crippen LogP contribution is -2.03. The van der Waals surface area contributed by atoms with Gasteiger partial charge >= 0.3 is 11.9 Å². The van der Waals surface area contributed by atoms with Crippen molar-refractivity contribution < 1.29 is 19.8 Å². The summed E-state index contributed by atoms with van der Waals surface area (Å²) in [4.78, 5) is 21.3. The Kier molecular flexibility index (Phi) is 7.68. The molecule has 4 N–H and O–H groups in total. The number of hydrogen-bond acceptors (Lipinski definition) is 3. The van der Waals surface area contributed by atoms with Crippen LogP contribution in [0.25, 0.3) is 0 Å². The van der Waals surface area contributed by atoms with Crippen LogP contribution >= 0.6 is 54.5 Å². The molecular weight excluding hydrogens is 557 g/mol. The molecule has 2 aromatic carbocycles. The number of carboxylic acid groups (broad SMARTS) is 2. The first-order valence-electron chi connectivity index (χ1n) is 6.52. The average molecular weight is 571 g/mol. The minimum Gasteiger partial charge on any atom is -0.478 e. The standard InChI is InChI=1S/C8H6BrIO2.C8H8BrNO2/c2*1-4-2-5(8(11)12)7(10)6(9)3-4/h2-3H,1H3,(H,11,12);2-3H,10H2,1H3,(H,11,12). The van der Waals surface area contributed by atoms with Crippen LogP contribution < -0.4 is 5.73 Å². The van der Waals surface area contributed by atoms with Gasteiger partial charge in [-0.3, -0.25) is 0 Å². The SMILES string of the molecule is Cc1cc(Br)c(I)c(C(=O)O)c1.Cc1cc(Br)c(N)c(C(=O)O)c1. The smallest absolute Gasteiger partial charge is 0.337 e. The molecule has 24 heavy (non-hydrogen) atoms. The molecule has 2 aromatic rings. The van der Waals surface area contributed by atoms with Crippen LogP contribution in [-0.2, 0) is 0 Å². The number of nitrogens with two attached hydrogens (primary N) is 1. The average Bonchev–Trinajstić information content (AvgIpc) is 2.46. The molecular formula is C16H14Br2INO4. The second-order valence-corrected chi connectivity index (χ2v) is 7.71. The maximum Gasteiger partial charge on any atom is 0.337 e. The number of halogens is 3. The molecule has 0 heterocycles. The van der Waals surface area contributed by atoms with Crippen LogP contribution in [0.5, 0.6) is 0 Å². The van der Waals surface area contributed by atoms with Crippen molar-refractivity contribution in [1.29, 1.82) is 0 Å². The van der Waals surface area contributed by atoms with Gasteiger partial charge in [0.1, 0.15) is 0 Å². The summed E-state index contributed by atoms with van der Waals surface area (Å²) < 4.78 is 2.20. The van der Waals surface area contributed by atoms with Crippen molar-refractivity contribution in [3.8, 4) is 0 Å². The predicted molar refractivity (Wildman–Crippen MR) is 109 cm³/mol. The summed E-state index contributed by atoms with van der Waals surface area (Å²) in [5.74, 6) is -1.89. The Morgan fingerprint density at radius 1 is 0.917 bits per heavy atom. The molecule has 8 heteroatoms. The Balaban J connectivity index is 0.000000240. The molecule has 5 nitrogen and oxygen atoms in total. The summed E-state index contributed by atoms with van der Waals surface area (Å²) in [6.45, 7) is 3.68. The summed E-state index contributed by atoms with van der Waals surface area (Å²) in [5.41, 5.74) is 8.10. The number of benzene rings is 2. The van der Waals surface area contributed by atoms with Crippen molar-refractivity contribution in [2.45, 2.75) is 13.8 Å². The minimum atomic E-state index is -1.00. The number of carbonyl (C=O) groups is 2. The van der Waals surface area contributed by atoms with E-state index in [-0.39, 0.29) is 11.3 Å². The van der Waals surface area contributed by atoms with E-state index in [1.165, 1.54) is 0 Å². The van der Waals surface area contributed by atoms with Crippen molar-refractivity contribution in [2.75, 3.05) is 5.73 Å². The highest BCUT2D eigenvalue weighted by Crippen LogP contribution is 2.25. The fourth-order valence-electron chi connectivity index (χ4n) is 1.81. The second kappa shape index (κ2) is 8.82. The van der Waals surface area contributed by atoms with Crippen LogP contribution in [0.4, 0.5) is 5.69 Å². The molecule has 0 unspecified atom stereocenters. The Morgan fingerprint density at radius 3 is 1.79 bits per heavy atom. The van der Waals surface area contributed by atoms with E-state index in [4.69, 9.17) is 15.9 Å². The minimum absolute atomic E-state index is 0.141. The first-order chi connectivity index (χ1) is 11.0. The largest absolute Gasteiger partial charge is 0.478 e. The van der Waals surface area contributed by atoms with E-state index >= 15 is 0 Å². The Labute approximate surface area is 169 Å². The third kappa shape index (κ3) is 5.45. The van der Waals surface area contributed by atoms with Crippen molar-refractivity contribution in [1.82, 2.24) is 0 Å². The van der Waals surface area contributed by atoms with Crippen molar-refractivity contribution in [3.63, 3.8) is 0 Å². The zero-order valence-corrected chi connectivity index (χ0v) is 18.1. The van der Waals surface area contributed by atoms with Gasteiger partial charge in [0.25, 0.3) is 0 Å². The fraction of sp³-hybridized carbons (Fsp3) is 0.125. The number of rotatable bonds is 2. The summed E-state index contributed by atoms with van der Waals surface area (Å²) in [7, 11) is 0. The summed E-state index contributed by atoms with van der Waals surface area (Å²) >= 11 is 8.48. The zero-order valence-electron chi connectivity index (χ0n) is 12.7. The molecule has 0 amide bonds. The van der Waals surface area contributed by atoms with Gasteiger partial charge in [-0.15, -0.1) is 0 Å². The van der Waals surface area contributed by atoms with Crippen molar-refractivity contribution in [2.24, 2.45) is 0 Å². The highest BCUT2D eigenvalue weighted by Gasteiger charge is 2.11. The van der Waals surface area contributed by atoms with Crippen LogP contribution in [0.15, 0.2) is 33.2 Å². The maximum absolute atomic E-state index is 10.7. The van der Waals surface area contributed by atoms with Gasteiger partial charge in [-0.25, -0.2) is 9.59 Å². The third-order valence-corrected chi connectivity index (χ3v) is 6.09. The lowest BCUT2D eigenvalue weighted by molar-refractivity contribution is 0.0686. The number of hydrogen-bond donors (Lipinski definition) is 3. The van der Waals surface area contributed by atoms with E-state index in [1.807, 2.05) is 42.5 Å². The molecule has 0 spiro atoms. The van der Waals surface area contributed by atoms with Crippen LogP contribution in [0.3, 0.4) is 0 Å². The Hall–Kier alpha value is -1.13. The Bertz CT molecular complexity index is 742. The van der Waals surface area contributed by atoms with E-state index in [0.29, 0.717) is 10.0 Å². The molecule has 0 radical (unpaired) electrons. The van der Waals surface area contributed by atoms with Gasteiger partial charge in [0.05, 0.1) is 16.8 Å². The van der Waals surface area contributed by atoms with E-state index in [0.717, 1.165) is 19.2 Å². The van der Waals surface area contributed by atoms with Gasteiger partial charge in [0, 0.05) is 12.5 Å². The normalized spacial score (nSPS) is 9.88. The van der Waals surface area contributed by atoms with E-state index < -0.39 is 11.9 Å². The lowest BCUT2D eigenvalue weighted by Gasteiger charge is -2.04. The maximum atomic E-state index is 10.7. The molecule has 0 bridgehead atoms. The van der Waals surface area contributed by atoms with Gasteiger partial charge in [0.2, 0.25) is 0 Å². The number of nitrogen functional groups attached to an aromatic ring is 1. The van der Waals surface area contributed by atoms with Crippen molar-refractivity contribution >= 4 is 72.1 Å². The molecule has 0 fully saturated rings. The third-order valence-electron chi connectivity index (χ3n) is 2.91. The molecule has 0 saturated carbocycles. The number of aromatic carboxylic acids is 2. The molecule has 0 saturated heterocycles. The van der Waals surface area contributed by atoms with Gasteiger partial charge < -0.3 is 15.9 Å². The molecule has 0 aliphatic heterocycles. The first kappa shape index (κ1) is 20.9. The van der Waals surface area contributed by atoms with Crippen molar-refractivity contribution in [3.05, 3.63) is 59.0 Å². The molecule has 0 aromatic heterocycles. The first-order valence-corrected chi connectivity index (χ1v) is 9.19. The second-order valence-electron chi connectivity index (χ2n) is 4.93. The predicted octanol–water partition coefficient (Wildman–Crippen LogP) is 5.10. The summed E-state index contributed by atoms with van der Waals surface area (Å²) in [5, 5.41) is 17.5. The van der Waals surface area contributed by atoms with Gasteiger partial charge in [-0.1, -0.05) is 0 Å². The summed E-state index contributed by atoms with van der Waals surface area (Å²) in [6, 6.07) is 6.88. The number of carboxylic acids is 2. The highest BCUT2D eigenvalue weighted by atomic mass is 127. The van der Waals surface area contributed by atoms with Crippen LogP contribution in [0.2, 0.25) is 0 Å². The monoisotopic (exact) mass is 569 g/mol. The molecule has 0 atom stereocenters. The fourth-order valence-corrected chi connectivity index (χ4v) is 3.50. The van der Waals surface area contributed by atoms with Crippen LogP contribution in [-0.4, -0.2) is 22.2 Å². The lowest BCUT2D eigenvalue weighted by atomic mass is 10.1. The number of anilines is 1. The highest BCUT2D eigenvalue weighted by molar-refractivity contribution is 14.1. The van der Waals surface area contributed by atoms with Gasteiger partial charge in [-0.05, 0) is 104 Å². The number of aryl methyl sites for hydroxylation is 2. The van der Waals surface area contributed by atoms with Crippen LogP contribution in [0, 0.1) is 17.4 Å². The summed E-state index contributed by atoms with van der Waals surface area (Å²) in [6.07, 6.45) is 0. The molecule has 128 valence electrons. The molecule has 2 rings (SSSR count). The van der Waals surface area contributed by atoms with E-state index in [9.17, 15) is 9.59 Å². The zero-order chi connectivity index (χ0) is 18.6. The quantitative estimate of drug-likeness (QED) is 0.345. The van der Waals surface area contributed by atoms with Gasteiger partial charge in [-0.2, -0.15) is 0 Å². The van der Waals surface area contributed by atoms with Gasteiger partial charge in [0.15, 0.2) is 0 Å². The Morgan fingerprint density at radius 2 is 1.33 bits per heavy atom. The topological polar surface area (TPSA) is 101 Å². The van der Waals surface area contributed by atoms with Crippen LogP contribution in [0.1, 0.15) is 31.8 Å². The molecule has 0 aliphatic carbocycles.